The minimum absolute atomic E-state index is 0.143. The molecular formula is C18H21N5OS. The minimum Gasteiger partial charge on any atom is -0.346 e. The van der Waals surface area contributed by atoms with Crippen molar-refractivity contribution in [2.24, 2.45) is 0 Å². The van der Waals surface area contributed by atoms with E-state index in [0.29, 0.717) is 18.2 Å². The summed E-state index contributed by atoms with van der Waals surface area (Å²) in [5.41, 5.74) is 3.09. The summed E-state index contributed by atoms with van der Waals surface area (Å²) in [6.45, 7) is 2.51. The van der Waals surface area contributed by atoms with E-state index in [9.17, 15) is 4.79 Å². The Labute approximate surface area is 150 Å². The van der Waals surface area contributed by atoms with Gasteiger partial charge in [-0.25, -0.2) is 15.0 Å². The zero-order valence-corrected chi connectivity index (χ0v) is 15.1. The van der Waals surface area contributed by atoms with Crippen LogP contribution in [0.1, 0.15) is 59.7 Å². The number of aromatic nitrogens is 4. The number of carbonyl (C=O) groups excluding carboxylic acids is 1. The van der Waals surface area contributed by atoms with Crippen LogP contribution >= 0.6 is 11.3 Å². The molecule has 1 saturated carbocycles. The van der Waals surface area contributed by atoms with Crippen molar-refractivity contribution in [2.45, 2.75) is 51.6 Å². The highest BCUT2D eigenvalue weighted by Crippen LogP contribution is 2.31. The Morgan fingerprint density at radius 1 is 1.36 bits per heavy atom. The Bertz CT molecular complexity index is 894. The number of aryl methyl sites for hydroxylation is 1. The SMILES string of the molecule is CCc1nc(CNC(=O)c2cnc3c(c2)ncn3C2CCCC2)cs1. The predicted molar refractivity (Wildman–Crippen MR) is 97.7 cm³/mol. The molecule has 6 nitrogen and oxygen atoms in total. The maximum atomic E-state index is 12.4. The molecule has 130 valence electrons. The molecule has 3 heterocycles. The number of thiazole rings is 1. The van der Waals surface area contributed by atoms with Gasteiger partial charge in [-0.1, -0.05) is 19.8 Å². The highest BCUT2D eigenvalue weighted by atomic mass is 32.1. The van der Waals surface area contributed by atoms with Crippen molar-refractivity contribution >= 4 is 28.4 Å². The predicted octanol–water partition coefficient (Wildman–Crippen LogP) is 3.50. The molecule has 7 heteroatoms. The van der Waals surface area contributed by atoms with Crippen LogP contribution in [0, 0.1) is 0 Å². The number of carbonyl (C=O) groups is 1. The molecular weight excluding hydrogens is 334 g/mol. The Kier molecular flexibility index (Phi) is 4.48. The summed E-state index contributed by atoms with van der Waals surface area (Å²) in [5.74, 6) is -0.143. The van der Waals surface area contributed by atoms with Gasteiger partial charge in [0.05, 0.1) is 29.1 Å². The molecule has 0 spiro atoms. The van der Waals surface area contributed by atoms with E-state index < -0.39 is 0 Å². The van der Waals surface area contributed by atoms with Crippen molar-refractivity contribution in [3.8, 4) is 0 Å². The Balaban J connectivity index is 1.48. The first-order valence-corrected chi connectivity index (χ1v) is 9.66. The molecule has 1 N–H and O–H groups in total. The number of nitrogens with zero attached hydrogens (tertiary/aromatic N) is 4. The number of fused-ring (bicyclic) bond motifs is 1. The number of amides is 1. The van der Waals surface area contributed by atoms with Crippen molar-refractivity contribution < 1.29 is 4.79 Å². The molecule has 0 saturated heterocycles. The number of rotatable bonds is 5. The number of hydrogen-bond donors (Lipinski definition) is 1. The fourth-order valence-electron chi connectivity index (χ4n) is 3.36. The van der Waals surface area contributed by atoms with E-state index in [1.807, 2.05) is 17.8 Å². The van der Waals surface area contributed by atoms with E-state index in [-0.39, 0.29) is 5.91 Å². The maximum Gasteiger partial charge on any atom is 0.253 e. The molecule has 25 heavy (non-hydrogen) atoms. The van der Waals surface area contributed by atoms with Gasteiger partial charge in [0.1, 0.15) is 5.52 Å². The van der Waals surface area contributed by atoms with Gasteiger partial charge in [-0.3, -0.25) is 4.79 Å². The van der Waals surface area contributed by atoms with Crippen LogP contribution < -0.4 is 5.32 Å². The monoisotopic (exact) mass is 355 g/mol. The topological polar surface area (TPSA) is 72.7 Å². The van der Waals surface area contributed by atoms with Crippen LogP contribution in [0.3, 0.4) is 0 Å². The van der Waals surface area contributed by atoms with Crippen molar-refractivity contribution in [1.82, 2.24) is 24.8 Å². The van der Waals surface area contributed by atoms with Crippen molar-refractivity contribution in [1.29, 1.82) is 0 Å². The molecule has 0 aliphatic heterocycles. The van der Waals surface area contributed by atoms with E-state index in [1.54, 1.807) is 17.5 Å². The van der Waals surface area contributed by atoms with Crippen LogP contribution in [-0.4, -0.2) is 25.4 Å². The molecule has 3 aromatic heterocycles. The lowest BCUT2D eigenvalue weighted by Crippen LogP contribution is -2.23. The zero-order valence-electron chi connectivity index (χ0n) is 14.2. The summed E-state index contributed by atoms with van der Waals surface area (Å²) in [6.07, 6.45) is 9.32. The van der Waals surface area contributed by atoms with E-state index in [4.69, 9.17) is 0 Å². The van der Waals surface area contributed by atoms with Gasteiger partial charge < -0.3 is 9.88 Å². The number of imidazole rings is 1. The van der Waals surface area contributed by atoms with Crippen LogP contribution in [0.2, 0.25) is 0 Å². The summed E-state index contributed by atoms with van der Waals surface area (Å²) >= 11 is 1.63. The number of pyridine rings is 1. The number of hydrogen-bond acceptors (Lipinski definition) is 5. The van der Waals surface area contributed by atoms with Crippen LogP contribution in [0.25, 0.3) is 11.2 Å². The zero-order chi connectivity index (χ0) is 17.2. The Morgan fingerprint density at radius 3 is 2.96 bits per heavy atom. The molecule has 1 amide bonds. The molecule has 0 atom stereocenters. The van der Waals surface area contributed by atoms with Crippen LogP contribution in [0.15, 0.2) is 24.0 Å². The van der Waals surface area contributed by atoms with E-state index in [1.165, 1.54) is 25.7 Å². The van der Waals surface area contributed by atoms with Gasteiger partial charge in [0.2, 0.25) is 0 Å². The summed E-state index contributed by atoms with van der Waals surface area (Å²) in [6, 6.07) is 2.32. The molecule has 0 aromatic carbocycles. The fraction of sp³-hybridized carbons (Fsp3) is 0.444. The highest BCUT2D eigenvalue weighted by molar-refractivity contribution is 7.09. The first kappa shape index (κ1) is 16.2. The summed E-state index contributed by atoms with van der Waals surface area (Å²) in [7, 11) is 0. The van der Waals surface area contributed by atoms with Crippen LogP contribution in [-0.2, 0) is 13.0 Å². The smallest absolute Gasteiger partial charge is 0.253 e. The van der Waals surface area contributed by atoms with Gasteiger partial charge in [0.15, 0.2) is 5.65 Å². The number of nitrogens with one attached hydrogen (secondary N) is 1. The Morgan fingerprint density at radius 2 is 2.20 bits per heavy atom. The molecule has 3 aromatic rings. The summed E-state index contributed by atoms with van der Waals surface area (Å²) in [4.78, 5) is 25.8. The van der Waals surface area contributed by atoms with Crippen LogP contribution in [0.4, 0.5) is 0 Å². The Hall–Kier alpha value is -2.28. The van der Waals surface area contributed by atoms with Gasteiger partial charge in [0.25, 0.3) is 5.91 Å². The molecule has 0 radical (unpaired) electrons. The normalized spacial score (nSPS) is 15.1. The molecule has 0 unspecified atom stereocenters. The summed E-state index contributed by atoms with van der Waals surface area (Å²) < 4.78 is 2.16. The second-order valence-electron chi connectivity index (χ2n) is 6.43. The van der Waals surface area contributed by atoms with Crippen LogP contribution in [0.5, 0.6) is 0 Å². The molecule has 1 aliphatic rings. The highest BCUT2D eigenvalue weighted by Gasteiger charge is 2.20. The molecule has 0 bridgehead atoms. The average Bonchev–Trinajstić information content (AvgIpc) is 3.38. The maximum absolute atomic E-state index is 12.4. The van der Waals surface area contributed by atoms with Gasteiger partial charge in [0, 0.05) is 17.6 Å². The lowest BCUT2D eigenvalue weighted by atomic mass is 10.2. The van der Waals surface area contributed by atoms with Gasteiger partial charge in [-0.05, 0) is 25.3 Å². The average molecular weight is 355 g/mol. The standard InChI is InChI=1S/C18H21N5OS/c1-2-16-22-13(10-25-16)9-20-18(24)12-7-15-17(19-8-12)23(11-21-15)14-5-3-4-6-14/h7-8,10-11,14H,2-6,9H2,1H3,(H,20,24). The van der Waals surface area contributed by atoms with Crippen molar-refractivity contribution in [2.75, 3.05) is 0 Å². The third kappa shape index (κ3) is 3.28. The van der Waals surface area contributed by atoms with Crippen molar-refractivity contribution in [3.05, 3.63) is 40.2 Å². The second kappa shape index (κ2) is 6.92. The first-order valence-electron chi connectivity index (χ1n) is 8.78. The summed E-state index contributed by atoms with van der Waals surface area (Å²) in [5, 5.41) is 5.99. The molecule has 1 aliphatic carbocycles. The second-order valence-corrected chi connectivity index (χ2v) is 7.37. The minimum atomic E-state index is -0.143. The molecule has 4 rings (SSSR count). The van der Waals surface area contributed by atoms with E-state index >= 15 is 0 Å². The quantitative estimate of drug-likeness (QED) is 0.760. The van der Waals surface area contributed by atoms with E-state index in [2.05, 4.69) is 31.8 Å². The molecule has 1 fully saturated rings. The van der Waals surface area contributed by atoms with Gasteiger partial charge in [-0.2, -0.15) is 0 Å². The largest absolute Gasteiger partial charge is 0.346 e. The third-order valence-corrected chi connectivity index (χ3v) is 5.77. The van der Waals surface area contributed by atoms with Gasteiger partial charge >= 0.3 is 0 Å². The first-order chi connectivity index (χ1) is 12.2. The fourth-order valence-corrected chi connectivity index (χ4v) is 4.10. The van der Waals surface area contributed by atoms with E-state index in [0.717, 1.165) is 28.3 Å². The van der Waals surface area contributed by atoms with Gasteiger partial charge in [-0.15, -0.1) is 11.3 Å². The lowest BCUT2D eigenvalue weighted by molar-refractivity contribution is 0.0950. The van der Waals surface area contributed by atoms with Crippen molar-refractivity contribution in [3.63, 3.8) is 0 Å². The lowest BCUT2D eigenvalue weighted by Gasteiger charge is -2.11. The third-order valence-electron chi connectivity index (χ3n) is 4.73.